The smallest absolute Gasteiger partial charge is 0.306 e. The van der Waals surface area contributed by atoms with Gasteiger partial charge in [0.15, 0.2) is 0 Å². The molecule has 0 aromatic heterocycles. The third-order valence-electron chi connectivity index (χ3n) is 12.5. The highest BCUT2D eigenvalue weighted by atomic mass is 16.5. The van der Waals surface area contributed by atoms with Crippen LogP contribution in [0.3, 0.4) is 0 Å². The molecule has 52 heavy (non-hydrogen) atoms. The summed E-state index contributed by atoms with van der Waals surface area (Å²) in [6.45, 7) is 7.72. The number of nitrogens with zero attached hydrogens (tertiary/aromatic N) is 1. The third kappa shape index (κ3) is 9.49. The monoisotopic (exact) mass is 701 g/mol. The van der Waals surface area contributed by atoms with E-state index >= 15 is 0 Å². The normalized spacial score (nSPS) is 23.1. The number of unbranched alkanes of at least 4 members (excludes halogenated alkanes) is 8. The molecule has 5 nitrogen and oxygen atoms in total. The number of carbonyl (C=O) groups is 1. The minimum atomic E-state index is 0.0208. The van der Waals surface area contributed by atoms with Gasteiger partial charge in [0.25, 0.3) is 0 Å². The van der Waals surface area contributed by atoms with E-state index in [0.717, 1.165) is 87.2 Å². The number of benzene rings is 3. The van der Waals surface area contributed by atoms with Gasteiger partial charge in [-0.25, -0.2) is 0 Å². The van der Waals surface area contributed by atoms with E-state index in [1.807, 2.05) is 42.5 Å². The SMILES string of the molecule is C=CCCCOc1ccc2c(c1)CC[C@@H]1[C@@H]2CC[C@]2(C)[C@@H](OC(=O)CCCCCCCCCCOc3ccc(-c4ccc(C#N)cc4)cc3)CC[C@@H]12. The van der Waals surface area contributed by atoms with Gasteiger partial charge in [0, 0.05) is 11.8 Å². The second-order valence-electron chi connectivity index (χ2n) is 15.8. The Bertz CT molecular complexity index is 1640. The molecule has 0 bridgehead atoms. The second-order valence-corrected chi connectivity index (χ2v) is 15.8. The first-order valence-electron chi connectivity index (χ1n) is 20.3. The van der Waals surface area contributed by atoms with Gasteiger partial charge in [-0.1, -0.05) is 81.9 Å². The number of ether oxygens (including phenoxy) is 3. The highest BCUT2D eigenvalue weighted by molar-refractivity contribution is 5.69. The maximum absolute atomic E-state index is 13.0. The van der Waals surface area contributed by atoms with Crippen LogP contribution in [0.15, 0.2) is 79.4 Å². The molecule has 2 saturated carbocycles. The standard InChI is InChI=1S/C47H59NO4/c1-3-4-12-31-51-40-24-26-41-38(33-40)21-25-43-42(41)29-30-47(2)44(43)27-28-45(47)52-46(49)14-11-9-7-5-6-8-10-13-32-50-39-22-19-37(20-23-39)36-17-15-35(34-48)16-18-36/h3,15-20,22-24,26,33,42-45H,1,4-14,21,25,27-32H2,2H3/t42-,43-,44+,45+,47+/m1/s1. The van der Waals surface area contributed by atoms with Crippen LogP contribution in [0.2, 0.25) is 0 Å². The summed E-state index contributed by atoms with van der Waals surface area (Å²) in [5.74, 6) is 3.90. The Labute approximate surface area is 312 Å². The van der Waals surface area contributed by atoms with Crippen molar-refractivity contribution in [2.24, 2.45) is 17.3 Å². The largest absolute Gasteiger partial charge is 0.494 e. The maximum Gasteiger partial charge on any atom is 0.306 e. The lowest BCUT2D eigenvalue weighted by Gasteiger charge is -2.50. The van der Waals surface area contributed by atoms with Crippen molar-refractivity contribution in [2.75, 3.05) is 13.2 Å². The van der Waals surface area contributed by atoms with E-state index in [2.05, 4.69) is 49.9 Å². The fraction of sp³-hybridized carbons (Fsp3) is 0.532. The summed E-state index contributed by atoms with van der Waals surface area (Å²) in [6, 6.07) is 24.8. The lowest BCUT2D eigenvalue weighted by molar-refractivity contribution is -0.157. The van der Waals surface area contributed by atoms with Gasteiger partial charge in [0.2, 0.25) is 0 Å². The highest BCUT2D eigenvalue weighted by Crippen LogP contribution is 2.61. The number of aryl methyl sites for hydroxylation is 1. The third-order valence-corrected chi connectivity index (χ3v) is 12.5. The molecule has 3 aromatic carbocycles. The van der Waals surface area contributed by atoms with Crippen molar-refractivity contribution in [3.63, 3.8) is 0 Å². The molecule has 0 saturated heterocycles. The fourth-order valence-corrected chi connectivity index (χ4v) is 9.53. The van der Waals surface area contributed by atoms with Crippen molar-refractivity contribution >= 4 is 5.97 Å². The van der Waals surface area contributed by atoms with Crippen LogP contribution in [0.25, 0.3) is 11.1 Å². The minimum Gasteiger partial charge on any atom is -0.494 e. The van der Waals surface area contributed by atoms with Crippen molar-refractivity contribution in [1.29, 1.82) is 5.26 Å². The molecule has 276 valence electrons. The van der Waals surface area contributed by atoms with E-state index in [1.54, 1.807) is 5.56 Å². The van der Waals surface area contributed by atoms with Gasteiger partial charge in [-0.05, 0) is 141 Å². The first-order valence-corrected chi connectivity index (χ1v) is 20.3. The van der Waals surface area contributed by atoms with Crippen LogP contribution in [-0.2, 0) is 16.0 Å². The van der Waals surface area contributed by atoms with Crippen molar-refractivity contribution in [2.45, 2.75) is 128 Å². The van der Waals surface area contributed by atoms with Crippen LogP contribution in [0.4, 0.5) is 0 Å². The van der Waals surface area contributed by atoms with Crippen LogP contribution in [-0.4, -0.2) is 25.3 Å². The van der Waals surface area contributed by atoms with Gasteiger partial charge in [0.1, 0.15) is 17.6 Å². The van der Waals surface area contributed by atoms with Crippen molar-refractivity contribution in [3.8, 4) is 28.7 Å². The molecule has 5 heteroatoms. The predicted octanol–water partition coefficient (Wildman–Crippen LogP) is 11.9. The summed E-state index contributed by atoms with van der Waals surface area (Å²) in [6.07, 6.45) is 20.7. The highest BCUT2D eigenvalue weighted by Gasteiger charge is 2.56. The average Bonchev–Trinajstić information content (AvgIpc) is 3.51. The zero-order valence-electron chi connectivity index (χ0n) is 31.5. The van der Waals surface area contributed by atoms with Crippen molar-refractivity contribution < 1.29 is 19.0 Å². The molecule has 3 aliphatic carbocycles. The summed E-state index contributed by atoms with van der Waals surface area (Å²) < 4.78 is 18.3. The van der Waals surface area contributed by atoms with E-state index < -0.39 is 0 Å². The topological polar surface area (TPSA) is 68.6 Å². The molecule has 0 unspecified atom stereocenters. The quantitative estimate of drug-likeness (QED) is 0.0707. The summed E-state index contributed by atoms with van der Waals surface area (Å²) in [5.41, 5.74) is 6.04. The molecular weight excluding hydrogens is 643 g/mol. The Balaban J connectivity index is 0.815. The second kappa shape index (κ2) is 18.6. The Morgan fingerprint density at radius 1 is 0.808 bits per heavy atom. The van der Waals surface area contributed by atoms with Crippen LogP contribution >= 0.6 is 0 Å². The Kier molecular flexibility index (Phi) is 13.5. The van der Waals surface area contributed by atoms with Gasteiger partial charge in [0.05, 0.1) is 24.8 Å². The molecule has 0 heterocycles. The first-order chi connectivity index (χ1) is 25.5. The Hall–Kier alpha value is -4.04. The van der Waals surface area contributed by atoms with Crippen LogP contribution in [0.1, 0.15) is 132 Å². The molecule has 3 aliphatic rings. The molecule has 3 aromatic rings. The molecule has 5 atom stereocenters. The van der Waals surface area contributed by atoms with Gasteiger partial charge >= 0.3 is 5.97 Å². The molecule has 0 radical (unpaired) electrons. The summed E-state index contributed by atoms with van der Waals surface area (Å²) >= 11 is 0. The number of carbonyl (C=O) groups excluding carboxylic acids is 1. The molecule has 2 fully saturated rings. The van der Waals surface area contributed by atoms with Crippen molar-refractivity contribution in [3.05, 3.63) is 96.1 Å². The van der Waals surface area contributed by atoms with Gasteiger partial charge in [-0.3, -0.25) is 4.79 Å². The molecular formula is C47H59NO4. The summed E-state index contributed by atoms with van der Waals surface area (Å²) in [4.78, 5) is 13.0. The number of hydrogen-bond donors (Lipinski definition) is 0. The van der Waals surface area contributed by atoms with Crippen LogP contribution in [0, 0.1) is 28.6 Å². The van der Waals surface area contributed by atoms with Crippen molar-refractivity contribution in [1.82, 2.24) is 0 Å². The molecule has 0 spiro atoms. The molecule has 0 N–H and O–H groups in total. The summed E-state index contributed by atoms with van der Waals surface area (Å²) in [7, 11) is 0. The van der Waals surface area contributed by atoms with Gasteiger partial charge in [-0.15, -0.1) is 6.58 Å². The lowest BCUT2D eigenvalue weighted by atomic mass is 9.55. The van der Waals surface area contributed by atoms with E-state index in [4.69, 9.17) is 19.5 Å². The van der Waals surface area contributed by atoms with Crippen LogP contribution in [0.5, 0.6) is 11.5 Å². The fourth-order valence-electron chi connectivity index (χ4n) is 9.53. The predicted molar refractivity (Wildman–Crippen MR) is 210 cm³/mol. The van der Waals surface area contributed by atoms with Crippen LogP contribution < -0.4 is 9.47 Å². The van der Waals surface area contributed by atoms with E-state index in [9.17, 15) is 4.79 Å². The number of allylic oxidation sites excluding steroid dienone is 1. The number of fused-ring (bicyclic) bond motifs is 5. The molecule has 0 amide bonds. The number of rotatable bonds is 19. The molecule has 0 aliphatic heterocycles. The number of nitriles is 1. The van der Waals surface area contributed by atoms with Gasteiger partial charge in [-0.2, -0.15) is 5.26 Å². The lowest BCUT2D eigenvalue weighted by Crippen LogP contribution is -2.45. The van der Waals surface area contributed by atoms with E-state index in [-0.39, 0.29) is 17.5 Å². The van der Waals surface area contributed by atoms with Gasteiger partial charge < -0.3 is 14.2 Å². The Morgan fingerprint density at radius 2 is 1.46 bits per heavy atom. The first kappa shape index (κ1) is 37.7. The minimum absolute atomic E-state index is 0.0208. The van der Waals surface area contributed by atoms with E-state index in [0.29, 0.717) is 29.7 Å². The summed E-state index contributed by atoms with van der Waals surface area (Å²) in [5, 5.41) is 8.99. The van der Waals surface area contributed by atoms with E-state index in [1.165, 1.54) is 56.9 Å². The maximum atomic E-state index is 13.0. The Morgan fingerprint density at radius 3 is 2.19 bits per heavy atom. The zero-order chi connectivity index (χ0) is 36.2. The zero-order valence-corrected chi connectivity index (χ0v) is 31.5. The number of hydrogen-bond acceptors (Lipinski definition) is 5. The number of esters is 1. The molecule has 6 rings (SSSR count). The average molecular weight is 702 g/mol.